The molecule has 0 spiro atoms. The summed E-state index contributed by atoms with van der Waals surface area (Å²) in [6.07, 6.45) is 16.9. The predicted molar refractivity (Wildman–Crippen MR) is 194 cm³/mol. The lowest BCUT2D eigenvalue weighted by atomic mass is 9.97. The SMILES string of the molecule is OC[C@H]1O[C@@H](OCC(COC(COC2CCCCC2)COC2CCCCC2)COC(COC2CCCCC2)COC2CCCCC2)[C@H](O)[C@@H](O)[C@H]1O. The van der Waals surface area contributed by atoms with Gasteiger partial charge in [-0.25, -0.2) is 0 Å². The zero-order valence-corrected chi connectivity index (χ0v) is 31.8. The quantitative estimate of drug-likeness (QED) is 0.123. The van der Waals surface area contributed by atoms with Gasteiger partial charge in [0.2, 0.25) is 0 Å². The van der Waals surface area contributed by atoms with Gasteiger partial charge < -0.3 is 58.3 Å². The van der Waals surface area contributed by atoms with Gasteiger partial charge >= 0.3 is 0 Å². The fourth-order valence-corrected chi connectivity index (χ4v) is 8.31. The van der Waals surface area contributed by atoms with Crippen LogP contribution < -0.4 is 0 Å². The van der Waals surface area contributed by atoms with Crippen LogP contribution in [0.1, 0.15) is 128 Å². The summed E-state index contributed by atoms with van der Waals surface area (Å²) >= 11 is 0. The third-order valence-corrected chi connectivity index (χ3v) is 11.8. The van der Waals surface area contributed by atoms with Crippen molar-refractivity contribution in [3.63, 3.8) is 0 Å². The highest BCUT2D eigenvalue weighted by molar-refractivity contribution is 4.89. The molecule has 5 aliphatic rings. The molecule has 12 nitrogen and oxygen atoms in total. The summed E-state index contributed by atoms with van der Waals surface area (Å²) in [5, 5.41) is 41.0. The van der Waals surface area contributed by atoms with Gasteiger partial charge in [0.25, 0.3) is 0 Å². The van der Waals surface area contributed by atoms with E-state index in [4.69, 9.17) is 37.9 Å². The number of rotatable bonds is 22. The standard InChI is InChI=1S/C40H72O12/c41-21-36-37(42)38(43)39(44)40(52-36)51-24-29(22-45-34(25-47-30-13-5-1-6-14-30)26-48-31-15-7-2-8-16-31)23-46-35(27-49-32-17-9-3-10-18-32)28-50-33-19-11-4-12-20-33/h29-44H,1-28H2/t36-,37+,38+,39-,40-/m1/s1. The smallest absolute Gasteiger partial charge is 0.186 e. The van der Waals surface area contributed by atoms with Gasteiger partial charge in [0.15, 0.2) is 6.29 Å². The molecule has 0 aromatic carbocycles. The van der Waals surface area contributed by atoms with Crippen LogP contribution in [-0.2, 0) is 37.9 Å². The molecule has 0 radical (unpaired) electrons. The summed E-state index contributed by atoms with van der Waals surface area (Å²) < 4.78 is 50.4. The predicted octanol–water partition coefficient (Wildman–Crippen LogP) is 4.59. The maximum Gasteiger partial charge on any atom is 0.186 e. The molecular formula is C40H72O12. The lowest BCUT2D eigenvalue weighted by Crippen LogP contribution is -2.59. The van der Waals surface area contributed by atoms with Crippen LogP contribution in [0.2, 0.25) is 0 Å². The summed E-state index contributed by atoms with van der Waals surface area (Å²) in [5.74, 6) is -0.286. The van der Waals surface area contributed by atoms with Crippen molar-refractivity contribution in [3.05, 3.63) is 0 Å². The van der Waals surface area contributed by atoms with E-state index in [1.54, 1.807) is 0 Å². The molecule has 0 bridgehead atoms. The zero-order valence-electron chi connectivity index (χ0n) is 31.8. The molecule has 0 unspecified atom stereocenters. The van der Waals surface area contributed by atoms with E-state index in [-0.39, 0.29) is 62.4 Å². The largest absolute Gasteiger partial charge is 0.394 e. The molecule has 5 fully saturated rings. The van der Waals surface area contributed by atoms with Crippen molar-refractivity contribution in [1.29, 1.82) is 0 Å². The molecule has 4 saturated carbocycles. The first-order valence-electron chi connectivity index (χ1n) is 21.1. The first-order chi connectivity index (χ1) is 25.5. The van der Waals surface area contributed by atoms with Crippen molar-refractivity contribution in [2.24, 2.45) is 5.92 Å². The third kappa shape index (κ3) is 14.9. The maximum atomic E-state index is 10.7. The van der Waals surface area contributed by atoms with Crippen molar-refractivity contribution in [3.8, 4) is 0 Å². The minimum Gasteiger partial charge on any atom is -0.394 e. The highest BCUT2D eigenvalue weighted by Crippen LogP contribution is 2.26. The summed E-state index contributed by atoms with van der Waals surface area (Å²) in [6, 6.07) is 0. The normalized spacial score (nSPS) is 29.5. The Kier molecular flexibility index (Phi) is 19.9. The van der Waals surface area contributed by atoms with E-state index >= 15 is 0 Å². The Morgan fingerprint density at radius 3 is 1.13 bits per heavy atom. The Labute approximate surface area is 312 Å². The number of hydrogen-bond acceptors (Lipinski definition) is 12. The Balaban J connectivity index is 1.21. The van der Waals surface area contributed by atoms with Crippen LogP contribution in [0.3, 0.4) is 0 Å². The number of aliphatic hydroxyl groups excluding tert-OH is 4. The van der Waals surface area contributed by atoms with Crippen LogP contribution in [0.15, 0.2) is 0 Å². The Hall–Kier alpha value is -0.480. The minimum absolute atomic E-state index is 0.0854. The highest BCUT2D eigenvalue weighted by Gasteiger charge is 2.44. The topological polar surface area (TPSA) is 155 Å². The zero-order chi connectivity index (χ0) is 36.4. The maximum absolute atomic E-state index is 10.7. The second-order valence-corrected chi connectivity index (χ2v) is 16.2. The van der Waals surface area contributed by atoms with E-state index in [2.05, 4.69) is 0 Å². The van der Waals surface area contributed by atoms with Crippen molar-refractivity contribution in [2.75, 3.05) is 52.9 Å². The monoisotopic (exact) mass is 745 g/mol. The van der Waals surface area contributed by atoms with Crippen molar-refractivity contribution < 1.29 is 58.3 Å². The number of aliphatic hydroxyl groups is 4. The van der Waals surface area contributed by atoms with E-state index in [0.717, 1.165) is 51.4 Å². The third-order valence-electron chi connectivity index (χ3n) is 11.8. The molecule has 1 aliphatic heterocycles. The molecule has 5 rings (SSSR count). The molecule has 12 heteroatoms. The van der Waals surface area contributed by atoms with Crippen LogP contribution in [-0.4, -0.2) is 141 Å². The molecular weight excluding hydrogens is 672 g/mol. The second kappa shape index (κ2) is 24.2. The summed E-state index contributed by atoms with van der Waals surface area (Å²) in [6.45, 7) is 1.93. The summed E-state index contributed by atoms with van der Waals surface area (Å²) in [7, 11) is 0. The van der Waals surface area contributed by atoms with Crippen LogP contribution in [0.4, 0.5) is 0 Å². The minimum atomic E-state index is -1.52. The highest BCUT2D eigenvalue weighted by atomic mass is 16.7. The van der Waals surface area contributed by atoms with Gasteiger partial charge in [-0.1, -0.05) is 77.0 Å². The number of hydrogen-bond donors (Lipinski definition) is 4. The van der Waals surface area contributed by atoms with Crippen molar-refractivity contribution >= 4 is 0 Å². The fourth-order valence-electron chi connectivity index (χ4n) is 8.31. The van der Waals surface area contributed by atoms with Gasteiger partial charge in [0.05, 0.1) is 77.3 Å². The van der Waals surface area contributed by atoms with Crippen LogP contribution in [0.5, 0.6) is 0 Å². The lowest BCUT2D eigenvalue weighted by molar-refractivity contribution is -0.304. The summed E-state index contributed by atoms with van der Waals surface area (Å²) in [4.78, 5) is 0. The first kappa shape index (κ1) is 42.7. The molecule has 5 atom stereocenters. The van der Waals surface area contributed by atoms with Crippen LogP contribution in [0, 0.1) is 5.92 Å². The average molecular weight is 745 g/mol. The summed E-state index contributed by atoms with van der Waals surface area (Å²) in [5.41, 5.74) is 0. The number of ether oxygens (including phenoxy) is 8. The molecule has 1 saturated heterocycles. The van der Waals surface area contributed by atoms with E-state index < -0.39 is 37.3 Å². The van der Waals surface area contributed by atoms with Gasteiger partial charge in [0.1, 0.15) is 36.6 Å². The molecule has 0 aromatic heterocycles. The molecule has 304 valence electrons. The van der Waals surface area contributed by atoms with Crippen molar-refractivity contribution in [2.45, 2.75) is 196 Å². The van der Waals surface area contributed by atoms with E-state index in [1.807, 2.05) is 0 Å². The molecule has 1 heterocycles. The Morgan fingerprint density at radius 2 is 0.788 bits per heavy atom. The average Bonchev–Trinajstić information content (AvgIpc) is 3.20. The van der Waals surface area contributed by atoms with Crippen LogP contribution in [0.25, 0.3) is 0 Å². The molecule has 52 heavy (non-hydrogen) atoms. The van der Waals surface area contributed by atoms with E-state index in [1.165, 1.54) is 77.0 Å². The first-order valence-corrected chi connectivity index (χ1v) is 21.1. The molecule has 0 aromatic rings. The Morgan fingerprint density at radius 1 is 0.423 bits per heavy atom. The second-order valence-electron chi connectivity index (χ2n) is 16.2. The Bertz CT molecular complexity index is 807. The molecule has 0 amide bonds. The van der Waals surface area contributed by atoms with Gasteiger partial charge in [-0.15, -0.1) is 0 Å². The molecule has 4 N–H and O–H groups in total. The van der Waals surface area contributed by atoms with Gasteiger partial charge in [-0.05, 0) is 51.4 Å². The fraction of sp³-hybridized carbons (Fsp3) is 1.00. The van der Waals surface area contributed by atoms with E-state index in [9.17, 15) is 20.4 Å². The van der Waals surface area contributed by atoms with Crippen LogP contribution >= 0.6 is 0 Å². The molecule has 4 aliphatic carbocycles. The van der Waals surface area contributed by atoms with Gasteiger partial charge in [-0.2, -0.15) is 0 Å². The lowest BCUT2D eigenvalue weighted by Gasteiger charge is -2.40. The van der Waals surface area contributed by atoms with Crippen molar-refractivity contribution in [1.82, 2.24) is 0 Å². The van der Waals surface area contributed by atoms with Gasteiger partial charge in [-0.3, -0.25) is 0 Å². The van der Waals surface area contributed by atoms with Gasteiger partial charge in [0, 0.05) is 5.92 Å². The van der Waals surface area contributed by atoms with E-state index in [0.29, 0.717) is 26.4 Å².